The van der Waals surface area contributed by atoms with E-state index in [2.05, 4.69) is 15.2 Å². The fourth-order valence-corrected chi connectivity index (χ4v) is 3.72. The van der Waals surface area contributed by atoms with Crippen LogP contribution in [0.25, 0.3) is 10.9 Å². The third-order valence-electron chi connectivity index (χ3n) is 5.02. The van der Waals surface area contributed by atoms with E-state index in [0.29, 0.717) is 11.6 Å². The predicted molar refractivity (Wildman–Crippen MR) is 106 cm³/mol. The molecule has 2 aromatic carbocycles. The van der Waals surface area contributed by atoms with Gasteiger partial charge in [-0.1, -0.05) is 11.6 Å². The third kappa shape index (κ3) is 4.15. The number of carbonyl (C=O) groups excluding carboxylic acids is 1. The molecule has 1 N–H and O–H groups in total. The molecule has 1 aromatic heterocycles. The van der Waals surface area contributed by atoms with Gasteiger partial charge in [0.1, 0.15) is 0 Å². The number of alkyl halides is 3. The molecule has 0 saturated carbocycles. The van der Waals surface area contributed by atoms with Gasteiger partial charge in [0.2, 0.25) is 0 Å². The molecule has 29 heavy (non-hydrogen) atoms. The van der Waals surface area contributed by atoms with Crippen molar-refractivity contribution in [2.24, 2.45) is 0 Å². The summed E-state index contributed by atoms with van der Waals surface area (Å²) < 4.78 is 38.0. The fraction of sp³-hybridized carbons (Fsp3) is 0.238. The molecular formula is C21H17ClF3N3O. The van der Waals surface area contributed by atoms with Gasteiger partial charge >= 0.3 is 6.18 Å². The van der Waals surface area contributed by atoms with Crippen molar-refractivity contribution in [3.8, 4) is 0 Å². The number of fused-ring (bicyclic) bond motifs is 1. The van der Waals surface area contributed by atoms with E-state index in [1.807, 2.05) is 18.2 Å². The highest BCUT2D eigenvalue weighted by molar-refractivity contribution is 6.31. The molecule has 150 valence electrons. The Morgan fingerprint density at radius 3 is 2.62 bits per heavy atom. The number of carbonyl (C=O) groups is 1. The number of nitrogens with one attached hydrogen (secondary N) is 1. The van der Waals surface area contributed by atoms with Crippen LogP contribution >= 0.6 is 11.6 Å². The van der Waals surface area contributed by atoms with Gasteiger partial charge in [0.15, 0.2) is 0 Å². The standard InChI is InChI=1S/C21H17ClF3N3O/c22-15-5-6-17-18(11-15)26-9-7-19(17)28-10-8-16(12-28)27-20(29)13-1-3-14(4-2-13)21(23,24)25/h1-7,9,11,16H,8,10,12H2,(H,27,29). The summed E-state index contributed by atoms with van der Waals surface area (Å²) in [5.41, 5.74) is 1.25. The van der Waals surface area contributed by atoms with Crippen molar-refractivity contribution < 1.29 is 18.0 Å². The Bertz CT molecular complexity index is 1050. The van der Waals surface area contributed by atoms with Crippen LogP contribution in [0.3, 0.4) is 0 Å². The predicted octanol–water partition coefficient (Wildman–Crippen LogP) is 4.92. The lowest BCUT2D eigenvalue weighted by Gasteiger charge is -2.21. The molecule has 0 bridgehead atoms. The molecule has 1 atom stereocenters. The van der Waals surface area contributed by atoms with Crippen molar-refractivity contribution in [1.82, 2.24) is 10.3 Å². The minimum atomic E-state index is -4.42. The Kier molecular flexibility index (Phi) is 5.08. The van der Waals surface area contributed by atoms with Crippen LogP contribution in [0.2, 0.25) is 5.02 Å². The Labute approximate surface area is 170 Å². The maximum absolute atomic E-state index is 12.7. The minimum absolute atomic E-state index is 0.0969. The molecule has 0 aliphatic carbocycles. The van der Waals surface area contributed by atoms with Crippen molar-refractivity contribution in [2.45, 2.75) is 18.6 Å². The normalized spacial score (nSPS) is 17.0. The zero-order valence-electron chi connectivity index (χ0n) is 15.2. The van der Waals surface area contributed by atoms with Gasteiger partial charge in [-0.05, 0) is 55.0 Å². The van der Waals surface area contributed by atoms with Crippen LogP contribution in [0.4, 0.5) is 18.9 Å². The molecule has 1 aliphatic rings. The van der Waals surface area contributed by atoms with E-state index in [9.17, 15) is 18.0 Å². The molecule has 4 rings (SSSR count). The molecule has 1 aliphatic heterocycles. The van der Waals surface area contributed by atoms with Crippen LogP contribution in [0.1, 0.15) is 22.3 Å². The number of pyridine rings is 1. The lowest BCUT2D eigenvalue weighted by Crippen LogP contribution is -2.37. The fourth-order valence-electron chi connectivity index (χ4n) is 3.56. The van der Waals surface area contributed by atoms with Crippen molar-refractivity contribution in [3.05, 3.63) is 70.9 Å². The van der Waals surface area contributed by atoms with Crippen molar-refractivity contribution in [1.29, 1.82) is 0 Å². The summed E-state index contributed by atoms with van der Waals surface area (Å²) in [5.74, 6) is -0.378. The summed E-state index contributed by atoms with van der Waals surface area (Å²) in [6, 6.07) is 11.6. The molecule has 2 heterocycles. The highest BCUT2D eigenvalue weighted by atomic mass is 35.5. The Balaban J connectivity index is 1.45. The maximum Gasteiger partial charge on any atom is 0.416 e. The van der Waals surface area contributed by atoms with E-state index in [1.54, 1.807) is 12.3 Å². The number of rotatable bonds is 3. The summed E-state index contributed by atoms with van der Waals surface area (Å²) >= 11 is 6.04. The zero-order valence-corrected chi connectivity index (χ0v) is 16.0. The van der Waals surface area contributed by atoms with Gasteiger partial charge < -0.3 is 10.2 Å². The number of nitrogens with zero attached hydrogens (tertiary/aromatic N) is 2. The number of hydrogen-bond donors (Lipinski definition) is 1. The molecule has 1 amide bonds. The average Bonchev–Trinajstić information content (AvgIpc) is 3.15. The summed E-state index contributed by atoms with van der Waals surface area (Å²) in [7, 11) is 0. The second kappa shape index (κ2) is 7.55. The van der Waals surface area contributed by atoms with E-state index in [4.69, 9.17) is 11.6 Å². The van der Waals surface area contributed by atoms with E-state index in [-0.39, 0.29) is 17.5 Å². The smallest absolute Gasteiger partial charge is 0.369 e. The average molecular weight is 420 g/mol. The molecule has 1 saturated heterocycles. The molecule has 3 aromatic rings. The van der Waals surface area contributed by atoms with Crippen LogP contribution in [0.15, 0.2) is 54.7 Å². The molecule has 8 heteroatoms. The third-order valence-corrected chi connectivity index (χ3v) is 5.26. The zero-order chi connectivity index (χ0) is 20.6. The topological polar surface area (TPSA) is 45.2 Å². The summed E-state index contributed by atoms with van der Waals surface area (Å²) in [4.78, 5) is 18.9. The van der Waals surface area contributed by atoms with Crippen LogP contribution in [0.5, 0.6) is 0 Å². The molecule has 1 unspecified atom stereocenters. The first-order valence-electron chi connectivity index (χ1n) is 9.08. The first-order chi connectivity index (χ1) is 13.8. The molecular weight excluding hydrogens is 403 g/mol. The quantitative estimate of drug-likeness (QED) is 0.655. The van der Waals surface area contributed by atoms with Gasteiger partial charge in [-0.2, -0.15) is 13.2 Å². The number of amides is 1. The van der Waals surface area contributed by atoms with E-state index < -0.39 is 11.7 Å². The molecule has 1 fully saturated rings. The maximum atomic E-state index is 12.7. The second-order valence-electron chi connectivity index (χ2n) is 6.97. The monoisotopic (exact) mass is 419 g/mol. The van der Waals surface area contributed by atoms with Crippen LogP contribution < -0.4 is 10.2 Å². The number of hydrogen-bond acceptors (Lipinski definition) is 3. The molecule has 0 spiro atoms. The van der Waals surface area contributed by atoms with E-state index in [1.165, 1.54) is 12.1 Å². The highest BCUT2D eigenvalue weighted by Crippen LogP contribution is 2.31. The summed E-state index contributed by atoms with van der Waals surface area (Å²) in [5, 5.41) is 4.51. The van der Waals surface area contributed by atoms with Crippen molar-refractivity contribution >= 4 is 34.1 Å². The molecule has 4 nitrogen and oxygen atoms in total. The van der Waals surface area contributed by atoms with Crippen LogP contribution in [-0.2, 0) is 6.18 Å². The van der Waals surface area contributed by atoms with Gasteiger partial charge in [-0.3, -0.25) is 9.78 Å². The lowest BCUT2D eigenvalue weighted by molar-refractivity contribution is -0.137. The first-order valence-corrected chi connectivity index (χ1v) is 9.46. The summed E-state index contributed by atoms with van der Waals surface area (Å²) in [6.07, 6.45) is -1.95. The van der Waals surface area contributed by atoms with E-state index in [0.717, 1.165) is 41.7 Å². The van der Waals surface area contributed by atoms with Gasteiger partial charge in [0.25, 0.3) is 5.91 Å². The first kappa shape index (κ1) is 19.5. The number of halogens is 4. The van der Waals surface area contributed by atoms with Crippen molar-refractivity contribution in [3.63, 3.8) is 0 Å². The van der Waals surface area contributed by atoms with Gasteiger partial charge in [0, 0.05) is 47.0 Å². The second-order valence-corrected chi connectivity index (χ2v) is 7.41. The number of anilines is 1. The molecule has 0 radical (unpaired) electrons. The Morgan fingerprint density at radius 2 is 1.90 bits per heavy atom. The van der Waals surface area contributed by atoms with Crippen molar-refractivity contribution in [2.75, 3.05) is 18.0 Å². The Morgan fingerprint density at radius 1 is 1.14 bits per heavy atom. The largest absolute Gasteiger partial charge is 0.416 e. The van der Waals surface area contributed by atoms with Gasteiger partial charge in [-0.15, -0.1) is 0 Å². The SMILES string of the molecule is O=C(NC1CCN(c2ccnc3cc(Cl)ccc23)C1)c1ccc(C(F)(F)F)cc1. The van der Waals surface area contributed by atoms with Gasteiger partial charge in [0.05, 0.1) is 11.1 Å². The number of benzene rings is 2. The number of aromatic nitrogens is 1. The van der Waals surface area contributed by atoms with E-state index >= 15 is 0 Å². The minimum Gasteiger partial charge on any atom is -0.369 e. The van der Waals surface area contributed by atoms with Gasteiger partial charge in [-0.25, -0.2) is 0 Å². The Hall–Kier alpha value is -2.80. The van der Waals surface area contributed by atoms with Crippen LogP contribution in [0, 0.1) is 0 Å². The summed E-state index contributed by atoms with van der Waals surface area (Å²) in [6.45, 7) is 1.35. The highest BCUT2D eigenvalue weighted by Gasteiger charge is 2.30. The lowest BCUT2D eigenvalue weighted by atomic mass is 10.1. The van der Waals surface area contributed by atoms with Crippen LogP contribution in [-0.4, -0.2) is 30.0 Å².